The maximum atomic E-state index is 11.8. The summed E-state index contributed by atoms with van der Waals surface area (Å²) in [5.74, 6) is 0.855. The number of sulfonamides is 1. The van der Waals surface area contributed by atoms with Crippen LogP contribution in [0.5, 0.6) is 11.5 Å². The first kappa shape index (κ1) is 15.3. The maximum Gasteiger partial charge on any atom is 0.240 e. The van der Waals surface area contributed by atoms with Gasteiger partial charge in [0.2, 0.25) is 10.0 Å². The third kappa shape index (κ3) is 2.86. The molecule has 1 aromatic heterocycles. The van der Waals surface area contributed by atoms with E-state index in [-0.39, 0.29) is 10.6 Å². The Bertz CT molecular complexity index is 781. The van der Waals surface area contributed by atoms with Gasteiger partial charge in [0, 0.05) is 13.1 Å². The zero-order valence-electron chi connectivity index (χ0n) is 12.3. The molecule has 0 bridgehead atoms. The molecule has 8 heteroatoms. The van der Waals surface area contributed by atoms with E-state index in [1.807, 2.05) is 13.8 Å². The third-order valence-corrected chi connectivity index (χ3v) is 4.63. The van der Waals surface area contributed by atoms with E-state index < -0.39 is 10.0 Å². The Labute approximate surface area is 123 Å². The lowest BCUT2D eigenvalue weighted by atomic mass is 10.3. The van der Waals surface area contributed by atoms with Crippen molar-refractivity contribution >= 4 is 15.7 Å². The topological polar surface area (TPSA) is 99.2 Å². The van der Waals surface area contributed by atoms with Crippen LogP contribution in [0.4, 0.5) is 5.69 Å². The number of anilines is 1. The van der Waals surface area contributed by atoms with Gasteiger partial charge in [-0.3, -0.25) is 4.68 Å². The summed E-state index contributed by atoms with van der Waals surface area (Å²) in [6.07, 6.45) is 0. The lowest BCUT2D eigenvalue weighted by Gasteiger charge is -2.11. The van der Waals surface area contributed by atoms with E-state index in [0.717, 1.165) is 5.69 Å². The third-order valence-electron chi connectivity index (χ3n) is 3.22. The fourth-order valence-corrected chi connectivity index (χ4v) is 2.65. The average molecular weight is 310 g/mol. The molecule has 0 unspecified atom stereocenters. The summed E-state index contributed by atoms with van der Waals surface area (Å²) >= 11 is 0. The molecule has 1 heterocycles. The average Bonchev–Trinajstić information content (AvgIpc) is 2.67. The summed E-state index contributed by atoms with van der Waals surface area (Å²) < 4.78 is 33.4. The molecule has 2 rings (SSSR count). The van der Waals surface area contributed by atoms with Crippen molar-refractivity contribution in [3.8, 4) is 11.5 Å². The molecule has 3 N–H and O–H groups in total. The number of aryl methyl sites for hydroxylation is 2. The molecular formula is C13H18N4O3S. The largest absolute Gasteiger partial charge is 0.451 e. The van der Waals surface area contributed by atoms with Crippen LogP contribution >= 0.6 is 0 Å². The lowest BCUT2D eigenvalue weighted by Crippen LogP contribution is -2.18. The number of aromatic nitrogens is 2. The van der Waals surface area contributed by atoms with Crippen molar-refractivity contribution in [2.24, 2.45) is 7.05 Å². The SMILES string of the molecule is CNS(=O)(=O)c1ccc(N)c(Oc2c(C)nn(C)c2C)c1. The van der Waals surface area contributed by atoms with E-state index in [2.05, 4.69) is 9.82 Å². The summed E-state index contributed by atoms with van der Waals surface area (Å²) in [7, 11) is -0.396. The Balaban J connectivity index is 2.47. The molecular weight excluding hydrogens is 292 g/mol. The molecule has 0 aliphatic rings. The summed E-state index contributed by atoms with van der Waals surface area (Å²) in [5, 5.41) is 4.24. The highest BCUT2D eigenvalue weighted by Crippen LogP contribution is 2.33. The summed E-state index contributed by atoms with van der Waals surface area (Å²) in [6, 6.07) is 4.32. The number of ether oxygens (including phenoxy) is 1. The standard InChI is InChI=1S/C13H18N4O3S/c1-8-13(9(2)17(4)16-8)20-12-7-10(5-6-11(12)14)21(18,19)15-3/h5-7,15H,14H2,1-4H3. The summed E-state index contributed by atoms with van der Waals surface area (Å²) in [5.41, 5.74) is 7.75. The molecule has 0 atom stereocenters. The van der Waals surface area contributed by atoms with E-state index in [1.165, 1.54) is 25.2 Å². The number of benzene rings is 1. The Morgan fingerprint density at radius 2 is 2.00 bits per heavy atom. The van der Waals surface area contributed by atoms with Crippen LogP contribution < -0.4 is 15.2 Å². The number of nitrogens with one attached hydrogen (secondary N) is 1. The van der Waals surface area contributed by atoms with Gasteiger partial charge in [0.1, 0.15) is 5.69 Å². The van der Waals surface area contributed by atoms with E-state index in [0.29, 0.717) is 17.1 Å². The number of rotatable bonds is 4. The van der Waals surface area contributed by atoms with Crippen LogP contribution in [0.2, 0.25) is 0 Å². The van der Waals surface area contributed by atoms with Crippen LogP contribution in [0.3, 0.4) is 0 Å². The predicted octanol–water partition coefficient (Wildman–Crippen LogP) is 1.32. The Morgan fingerprint density at radius 3 is 2.52 bits per heavy atom. The fraction of sp³-hybridized carbons (Fsp3) is 0.308. The Kier molecular flexibility index (Phi) is 3.93. The van der Waals surface area contributed by atoms with Crippen molar-refractivity contribution in [1.29, 1.82) is 0 Å². The van der Waals surface area contributed by atoms with Gasteiger partial charge in [0.15, 0.2) is 11.5 Å². The van der Waals surface area contributed by atoms with Gasteiger partial charge in [-0.05, 0) is 33.0 Å². The molecule has 114 valence electrons. The zero-order chi connectivity index (χ0) is 15.8. The predicted molar refractivity (Wildman–Crippen MR) is 79.9 cm³/mol. The smallest absolute Gasteiger partial charge is 0.240 e. The molecule has 2 aromatic rings. The van der Waals surface area contributed by atoms with Gasteiger partial charge in [-0.1, -0.05) is 0 Å². The minimum absolute atomic E-state index is 0.0911. The molecule has 0 fully saturated rings. The molecule has 0 radical (unpaired) electrons. The molecule has 0 saturated heterocycles. The normalized spacial score (nSPS) is 11.6. The Hall–Kier alpha value is -2.06. The first-order valence-corrected chi connectivity index (χ1v) is 7.75. The van der Waals surface area contributed by atoms with Gasteiger partial charge in [0.05, 0.1) is 16.3 Å². The lowest BCUT2D eigenvalue weighted by molar-refractivity contribution is 0.474. The number of nitrogen functional groups attached to an aromatic ring is 1. The highest BCUT2D eigenvalue weighted by molar-refractivity contribution is 7.89. The number of hydrogen-bond donors (Lipinski definition) is 2. The first-order chi connectivity index (χ1) is 9.76. The van der Waals surface area contributed by atoms with Crippen molar-refractivity contribution in [2.45, 2.75) is 18.7 Å². The fourth-order valence-electron chi connectivity index (χ4n) is 1.90. The molecule has 0 aliphatic heterocycles. The zero-order valence-corrected chi connectivity index (χ0v) is 13.2. The van der Waals surface area contributed by atoms with Crippen molar-refractivity contribution in [2.75, 3.05) is 12.8 Å². The van der Waals surface area contributed by atoms with Crippen LogP contribution in [0.1, 0.15) is 11.4 Å². The van der Waals surface area contributed by atoms with Gasteiger partial charge >= 0.3 is 0 Å². The van der Waals surface area contributed by atoms with Crippen molar-refractivity contribution in [1.82, 2.24) is 14.5 Å². The maximum absolute atomic E-state index is 11.8. The number of nitrogens with two attached hydrogens (primary N) is 1. The first-order valence-electron chi connectivity index (χ1n) is 6.27. The van der Waals surface area contributed by atoms with Gasteiger partial charge in [-0.2, -0.15) is 5.10 Å². The Morgan fingerprint density at radius 1 is 1.33 bits per heavy atom. The second kappa shape index (κ2) is 5.38. The van der Waals surface area contributed by atoms with Crippen molar-refractivity contribution in [3.05, 3.63) is 29.6 Å². The molecule has 0 spiro atoms. The van der Waals surface area contributed by atoms with E-state index in [9.17, 15) is 8.42 Å². The quantitative estimate of drug-likeness (QED) is 0.830. The molecule has 1 aromatic carbocycles. The van der Waals surface area contributed by atoms with Gasteiger partial charge in [-0.15, -0.1) is 0 Å². The van der Waals surface area contributed by atoms with Crippen LogP contribution in [-0.2, 0) is 17.1 Å². The number of hydrogen-bond acceptors (Lipinski definition) is 5. The molecule has 0 aliphatic carbocycles. The van der Waals surface area contributed by atoms with E-state index in [4.69, 9.17) is 10.5 Å². The van der Waals surface area contributed by atoms with E-state index >= 15 is 0 Å². The minimum atomic E-state index is -3.55. The van der Waals surface area contributed by atoms with E-state index in [1.54, 1.807) is 11.7 Å². The molecule has 21 heavy (non-hydrogen) atoms. The van der Waals surface area contributed by atoms with Crippen LogP contribution in [0.15, 0.2) is 23.1 Å². The van der Waals surface area contributed by atoms with Crippen LogP contribution in [-0.4, -0.2) is 25.2 Å². The monoisotopic (exact) mass is 310 g/mol. The second-order valence-electron chi connectivity index (χ2n) is 4.63. The van der Waals surface area contributed by atoms with Crippen LogP contribution in [0, 0.1) is 13.8 Å². The number of nitrogens with zero attached hydrogens (tertiary/aromatic N) is 2. The van der Waals surface area contributed by atoms with Crippen LogP contribution in [0.25, 0.3) is 0 Å². The molecule has 7 nitrogen and oxygen atoms in total. The molecule has 0 amide bonds. The van der Waals surface area contributed by atoms with Crippen molar-refractivity contribution in [3.63, 3.8) is 0 Å². The highest BCUT2D eigenvalue weighted by atomic mass is 32.2. The summed E-state index contributed by atoms with van der Waals surface area (Å²) in [6.45, 7) is 3.67. The summed E-state index contributed by atoms with van der Waals surface area (Å²) in [4.78, 5) is 0.0911. The van der Waals surface area contributed by atoms with Gasteiger partial charge in [0.25, 0.3) is 0 Å². The minimum Gasteiger partial charge on any atom is -0.451 e. The highest BCUT2D eigenvalue weighted by Gasteiger charge is 2.17. The van der Waals surface area contributed by atoms with Gasteiger partial charge < -0.3 is 10.5 Å². The van der Waals surface area contributed by atoms with Crippen molar-refractivity contribution < 1.29 is 13.2 Å². The second-order valence-corrected chi connectivity index (χ2v) is 6.52. The van der Waals surface area contributed by atoms with Gasteiger partial charge in [-0.25, -0.2) is 13.1 Å². The molecule has 0 saturated carbocycles.